The van der Waals surface area contributed by atoms with Gasteiger partial charge in [-0.15, -0.1) is 0 Å². The minimum Gasteiger partial charge on any atom is -0.350 e. The summed E-state index contributed by atoms with van der Waals surface area (Å²) in [5, 5.41) is 6.42. The number of fused-ring (bicyclic) bond motifs is 3. The van der Waals surface area contributed by atoms with Crippen molar-refractivity contribution in [3.63, 3.8) is 0 Å². The molecule has 4 aromatic rings. The number of amides is 2. The van der Waals surface area contributed by atoms with E-state index in [0.717, 1.165) is 10.9 Å². The van der Waals surface area contributed by atoms with Crippen molar-refractivity contribution in [1.82, 2.24) is 25.7 Å². The highest BCUT2D eigenvalue weighted by molar-refractivity contribution is 6.11. The number of carbonyl (C=O) groups excluding carboxylic acids is 2. The van der Waals surface area contributed by atoms with Crippen LogP contribution < -0.4 is 21.5 Å². The predicted octanol–water partition coefficient (Wildman–Crippen LogP) is 2.91. The Bertz CT molecular complexity index is 1330. The van der Waals surface area contributed by atoms with E-state index in [-0.39, 0.29) is 11.8 Å². The molecular formula is C23H19N7O2. The fourth-order valence-corrected chi connectivity index (χ4v) is 3.54. The maximum absolute atomic E-state index is 12.8. The zero-order valence-corrected chi connectivity index (χ0v) is 16.8. The van der Waals surface area contributed by atoms with Gasteiger partial charge in [0.2, 0.25) is 0 Å². The normalized spacial score (nSPS) is 12.9. The van der Waals surface area contributed by atoms with E-state index in [9.17, 15) is 9.59 Å². The quantitative estimate of drug-likeness (QED) is 0.313. The molecule has 0 unspecified atom stereocenters. The van der Waals surface area contributed by atoms with Crippen molar-refractivity contribution in [3.05, 3.63) is 90.0 Å². The first-order valence-electron chi connectivity index (χ1n) is 9.98. The number of rotatable bonds is 5. The third-order valence-corrected chi connectivity index (χ3v) is 5.04. The zero-order valence-electron chi connectivity index (χ0n) is 16.8. The van der Waals surface area contributed by atoms with Crippen LogP contribution in [0.25, 0.3) is 16.6 Å². The van der Waals surface area contributed by atoms with Gasteiger partial charge in [-0.25, -0.2) is 4.98 Å². The Morgan fingerprint density at radius 2 is 1.97 bits per heavy atom. The monoisotopic (exact) mass is 425 g/mol. The molecule has 0 fully saturated rings. The van der Waals surface area contributed by atoms with Crippen LogP contribution in [0.1, 0.15) is 26.4 Å². The molecule has 3 aromatic heterocycles. The lowest BCUT2D eigenvalue weighted by molar-refractivity contribution is 0.0953. The molecule has 1 aliphatic heterocycles. The summed E-state index contributed by atoms with van der Waals surface area (Å²) in [6, 6.07) is 14.3. The molecule has 5 N–H and O–H groups in total. The van der Waals surface area contributed by atoms with Gasteiger partial charge < -0.3 is 15.6 Å². The smallest absolute Gasteiger partial charge is 0.268 e. The average Bonchev–Trinajstić information content (AvgIpc) is 3.13. The van der Waals surface area contributed by atoms with Crippen molar-refractivity contribution in [2.45, 2.75) is 0 Å². The Morgan fingerprint density at radius 3 is 2.78 bits per heavy atom. The number of aromatic nitrogens is 3. The molecule has 0 radical (unpaired) electrons. The Kier molecular flexibility index (Phi) is 4.97. The van der Waals surface area contributed by atoms with E-state index in [1.165, 1.54) is 0 Å². The number of aromatic amines is 1. The van der Waals surface area contributed by atoms with Gasteiger partial charge in [-0.3, -0.25) is 25.4 Å². The molecule has 4 heterocycles. The summed E-state index contributed by atoms with van der Waals surface area (Å²) in [7, 11) is 0. The standard InChI is InChI=1S/C23H19N7O2/c31-22(27-15-4-3-9-24-13-15)14-6-7-17-16(12-14)20-18(8-11-26-23(32)21(20)28-17)29-30-19-5-1-2-10-25-19/h1-10,12-13,28-29H,11H2,(H,25,30)(H,26,32)(H,27,31). The van der Waals surface area contributed by atoms with Crippen molar-refractivity contribution in [2.24, 2.45) is 0 Å². The Labute approximate surface area is 182 Å². The van der Waals surface area contributed by atoms with Crippen LogP contribution >= 0.6 is 0 Å². The van der Waals surface area contributed by atoms with Gasteiger partial charge in [0.25, 0.3) is 11.8 Å². The second-order valence-corrected chi connectivity index (χ2v) is 7.12. The van der Waals surface area contributed by atoms with Crippen LogP contribution in [0.4, 0.5) is 11.5 Å². The largest absolute Gasteiger partial charge is 0.350 e. The van der Waals surface area contributed by atoms with Gasteiger partial charge >= 0.3 is 0 Å². The van der Waals surface area contributed by atoms with Gasteiger partial charge in [-0.1, -0.05) is 6.07 Å². The van der Waals surface area contributed by atoms with Gasteiger partial charge in [0, 0.05) is 41.0 Å². The summed E-state index contributed by atoms with van der Waals surface area (Å²) in [6.07, 6.45) is 6.77. The molecule has 0 atom stereocenters. The van der Waals surface area contributed by atoms with Gasteiger partial charge in [0.15, 0.2) is 0 Å². The minimum atomic E-state index is -0.266. The minimum absolute atomic E-state index is 0.219. The average molecular weight is 425 g/mol. The van der Waals surface area contributed by atoms with E-state index in [2.05, 4.69) is 36.4 Å². The number of nitrogens with one attached hydrogen (secondary N) is 5. The van der Waals surface area contributed by atoms with E-state index in [0.29, 0.717) is 40.6 Å². The van der Waals surface area contributed by atoms with Crippen LogP contribution in [0.2, 0.25) is 0 Å². The highest BCUT2D eigenvalue weighted by Gasteiger charge is 2.24. The number of carbonyl (C=O) groups is 2. The number of anilines is 2. The molecule has 1 aliphatic rings. The van der Waals surface area contributed by atoms with E-state index in [4.69, 9.17) is 0 Å². The fraction of sp³-hybridized carbons (Fsp3) is 0.0435. The van der Waals surface area contributed by atoms with Crippen molar-refractivity contribution < 1.29 is 9.59 Å². The second kappa shape index (κ2) is 8.23. The predicted molar refractivity (Wildman–Crippen MR) is 122 cm³/mol. The van der Waals surface area contributed by atoms with E-state index in [1.807, 2.05) is 24.3 Å². The molecule has 9 nitrogen and oxygen atoms in total. The molecule has 0 saturated heterocycles. The second-order valence-electron chi connectivity index (χ2n) is 7.12. The van der Waals surface area contributed by atoms with Crippen LogP contribution in [0.3, 0.4) is 0 Å². The van der Waals surface area contributed by atoms with E-state index < -0.39 is 0 Å². The molecule has 2 amide bonds. The molecule has 32 heavy (non-hydrogen) atoms. The summed E-state index contributed by atoms with van der Waals surface area (Å²) >= 11 is 0. The maximum Gasteiger partial charge on any atom is 0.268 e. The van der Waals surface area contributed by atoms with Gasteiger partial charge in [-0.05, 0) is 48.5 Å². The molecular weight excluding hydrogens is 406 g/mol. The highest BCUT2D eigenvalue weighted by Crippen LogP contribution is 2.30. The van der Waals surface area contributed by atoms with Crippen LogP contribution in [0.15, 0.2) is 73.2 Å². The molecule has 0 spiro atoms. The molecule has 0 bridgehead atoms. The summed E-state index contributed by atoms with van der Waals surface area (Å²) < 4.78 is 0. The van der Waals surface area contributed by atoms with Crippen molar-refractivity contribution in [2.75, 3.05) is 17.3 Å². The Morgan fingerprint density at radius 1 is 1.03 bits per heavy atom. The third kappa shape index (κ3) is 3.74. The molecule has 5 rings (SSSR count). The number of H-pyrrole nitrogens is 1. The Balaban J connectivity index is 1.51. The molecule has 158 valence electrons. The van der Waals surface area contributed by atoms with Gasteiger partial charge in [0.1, 0.15) is 11.5 Å². The van der Waals surface area contributed by atoms with Gasteiger partial charge in [0.05, 0.1) is 17.6 Å². The summed E-state index contributed by atoms with van der Waals surface area (Å²) in [5.74, 6) is 0.149. The molecule has 1 aromatic carbocycles. The highest BCUT2D eigenvalue weighted by atomic mass is 16.2. The van der Waals surface area contributed by atoms with Crippen LogP contribution in [0, 0.1) is 0 Å². The lowest BCUT2D eigenvalue weighted by atomic mass is 10.0. The lowest BCUT2D eigenvalue weighted by Crippen LogP contribution is -2.22. The van der Waals surface area contributed by atoms with Crippen LogP contribution in [-0.4, -0.2) is 33.3 Å². The first-order valence-corrected chi connectivity index (χ1v) is 9.98. The number of nitrogens with zero attached hydrogens (tertiary/aromatic N) is 2. The summed E-state index contributed by atoms with van der Waals surface area (Å²) in [6.45, 7) is 0.357. The number of hydrazine groups is 1. The number of pyridine rings is 2. The molecule has 0 saturated carbocycles. The molecule has 0 aliphatic carbocycles. The number of benzene rings is 1. The first-order chi connectivity index (χ1) is 15.7. The summed E-state index contributed by atoms with van der Waals surface area (Å²) in [4.78, 5) is 36.8. The number of hydrogen-bond acceptors (Lipinski definition) is 6. The van der Waals surface area contributed by atoms with Gasteiger partial charge in [-0.2, -0.15) is 0 Å². The first kappa shape index (κ1) is 19.3. The van der Waals surface area contributed by atoms with Crippen LogP contribution in [-0.2, 0) is 0 Å². The van der Waals surface area contributed by atoms with Crippen molar-refractivity contribution in [3.8, 4) is 0 Å². The summed E-state index contributed by atoms with van der Waals surface area (Å²) in [5.41, 5.74) is 9.81. The third-order valence-electron chi connectivity index (χ3n) is 5.04. The zero-order chi connectivity index (χ0) is 21.9. The van der Waals surface area contributed by atoms with Crippen molar-refractivity contribution >= 4 is 39.9 Å². The van der Waals surface area contributed by atoms with E-state index in [1.54, 1.807) is 48.9 Å². The lowest BCUT2D eigenvalue weighted by Gasteiger charge is -2.12. The number of hydrogen-bond donors (Lipinski definition) is 5. The van der Waals surface area contributed by atoms with Crippen molar-refractivity contribution in [1.29, 1.82) is 0 Å². The van der Waals surface area contributed by atoms with E-state index >= 15 is 0 Å². The topological polar surface area (TPSA) is 124 Å². The van der Waals surface area contributed by atoms with Crippen LogP contribution in [0.5, 0.6) is 0 Å². The SMILES string of the molecule is O=C(Nc1cccnc1)c1ccc2[nH]c3c(c2c1)C(NNc1ccccn1)=CCNC3=O. The molecule has 9 heteroatoms. The fourth-order valence-electron chi connectivity index (χ4n) is 3.54. The maximum atomic E-state index is 12.8. The Hall–Kier alpha value is -4.66.